The first-order valence-corrected chi connectivity index (χ1v) is 16.6. The Kier molecular flexibility index (Phi) is 11.9. The van der Waals surface area contributed by atoms with Gasteiger partial charge in [-0.05, 0) is 86.3 Å². The van der Waals surface area contributed by atoms with E-state index < -0.39 is 17.7 Å². The summed E-state index contributed by atoms with van der Waals surface area (Å²) in [6.07, 6.45) is 6.27. The zero-order valence-corrected chi connectivity index (χ0v) is 27.9. The van der Waals surface area contributed by atoms with E-state index in [1.165, 1.54) is 49.5 Å². The van der Waals surface area contributed by atoms with Crippen molar-refractivity contribution in [3.63, 3.8) is 0 Å². The molecule has 0 aliphatic carbocycles. The maximum absolute atomic E-state index is 14.2. The van der Waals surface area contributed by atoms with E-state index in [-0.39, 0.29) is 29.0 Å². The molecule has 0 saturated carbocycles. The number of hydrogen-bond donors (Lipinski definition) is 1. The summed E-state index contributed by atoms with van der Waals surface area (Å²) in [5.74, 6) is -0.979. The highest BCUT2D eigenvalue weighted by Gasteiger charge is 2.39. The van der Waals surface area contributed by atoms with Gasteiger partial charge in [0.05, 0.1) is 21.3 Å². The Bertz CT molecular complexity index is 1620. The number of rotatable bonds is 15. The van der Waals surface area contributed by atoms with Crippen LogP contribution in [0.3, 0.4) is 0 Å². The summed E-state index contributed by atoms with van der Waals surface area (Å²) in [4.78, 5) is 43.6. The van der Waals surface area contributed by atoms with Crippen LogP contribution < -0.4 is 24.4 Å². The largest absolute Gasteiger partial charge is 0.493 e. The molecule has 5 rings (SSSR count). The quantitative estimate of drug-likeness (QED) is 0.113. The molecule has 1 aliphatic heterocycles. The first-order valence-electron chi connectivity index (χ1n) is 16.6. The van der Waals surface area contributed by atoms with Crippen molar-refractivity contribution in [2.24, 2.45) is 0 Å². The zero-order chi connectivity index (χ0) is 33.9. The fourth-order valence-corrected chi connectivity index (χ4v) is 6.47. The predicted molar refractivity (Wildman–Crippen MR) is 187 cm³/mol. The molecular formula is C40H44N2O6. The standard InChI is InChI=1S/C40H44N2O6/c1-46-35-26-31(27-36(47-2)38(35)48-3)37(43)40(45)42-33-23-11-10-20-30(33)24-25-34(42)39(44)41-32(21-12-18-28-14-6-4-7-15-28)22-13-19-29-16-8-5-9-17-29/h4-11,14-17,20,23,26-27,32,34H,12-13,18-19,21-22,24-25H2,1-3H3,(H,41,44). The van der Waals surface area contributed by atoms with Gasteiger partial charge in [0.2, 0.25) is 11.7 Å². The smallest absolute Gasteiger partial charge is 0.300 e. The van der Waals surface area contributed by atoms with Crippen LogP contribution in [0.25, 0.3) is 0 Å². The number of ether oxygens (including phenoxy) is 3. The fourth-order valence-electron chi connectivity index (χ4n) is 6.47. The molecular weight excluding hydrogens is 604 g/mol. The van der Waals surface area contributed by atoms with Crippen LogP contribution in [0.15, 0.2) is 97.1 Å². The Balaban J connectivity index is 1.37. The molecule has 0 saturated heterocycles. The molecule has 1 atom stereocenters. The molecule has 0 fully saturated rings. The summed E-state index contributed by atoms with van der Waals surface area (Å²) in [5.41, 5.74) is 4.08. The van der Waals surface area contributed by atoms with Gasteiger partial charge in [-0.2, -0.15) is 0 Å². The highest BCUT2D eigenvalue weighted by molar-refractivity contribution is 6.48. The lowest BCUT2D eigenvalue weighted by Gasteiger charge is -2.36. The van der Waals surface area contributed by atoms with Gasteiger partial charge in [-0.15, -0.1) is 0 Å². The molecule has 8 heteroatoms. The van der Waals surface area contributed by atoms with Crippen LogP contribution >= 0.6 is 0 Å². The van der Waals surface area contributed by atoms with Crippen LogP contribution in [0.4, 0.5) is 5.69 Å². The Hall–Kier alpha value is -5.11. The topological polar surface area (TPSA) is 94.2 Å². The number of amides is 2. The van der Waals surface area contributed by atoms with Crippen molar-refractivity contribution < 1.29 is 28.6 Å². The summed E-state index contributed by atoms with van der Waals surface area (Å²) in [6.45, 7) is 0. The lowest BCUT2D eigenvalue weighted by atomic mass is 9.93. The number of nitrogens with one attached hydrogen (secondary N) is 1. The number of hydrogen-bond acceptors (Lipinski definition) is 6. The summed E-state index contributed by atoms with van der Waals surface area (Å²) < 4.78 is 16.3. The number of aryl methyl sites for hydroxylation is 3. The second-order valence-electron chi connectivity index (χ2n) is 12.1. The molecule has 4 aromatic carbocycles. The Morgan fingerprint density at radius 3 is 1.83 bits per heavy atom. The van der Waals surface area contributed by atoms with E-state index in [1.54, 1.807) is 6.07 Å². The summed E-state index contributed by atoms with van der Waals surface area (Å²) in [6, 6.07) is 30.1. The van der Waals surface area contributed by atoms with Gasteiger partial charge in [-0.1, -0.05) is 78.9 Å². The molecule has 250 valence electrons. The summed E-state index contributed by atoms with van der Waals surface area (Å²) in [5, 5.41) is 3.30. The number of anilines is 1. The Labute approximate surface area is 283 Å². The molecule has 4 aromatic rings. The van der Waals surface area contributed by atoms with E-state index in [1.807, 2.05) is 54.6 Å². The maximum atomic E-state index is 14.2. The molecule has 0 spiro atoms. The van der Waals surface area contributed by atoms with Gasteiger partial charge in [0.25, 0.3) is 11.7 Å². The van der Waals surface area contributed by atoms with Crippen molar-refractivity contribution in [1.82, 2.24) is 5.32 Å². The van der Waals surface area contributed by atoms with Crippen LogP contribution in [-0.4, -0.2) is 51.0 Å². The minimum atomic E-state index is -0.843. The van der Waals surface area contributed by atoms with Crippen molar-refractivity contribution in [3.05, 3.63) is 119 Å². The van der Waals surface area contributed by atoms with Crippen LogP contribution in [0.1, 0.15) is 59.2 Å². The number of carbonyl (C=O) groups is 3. The number of para-hydroxylation sites is 1. The third-order valence-electron chi connectivity index (χ3n) is 8.96. The Morgan fingerprint density at radius 1 is 0.750 bits per heavy atom. The van der Waals surface area contributed by atoms with Crippen molar-refractivity contribution >= 4 is 23.3 Å². The van der Waals surface area contributed by atoms with Gasteiger partial charge in [0.15, 0.2) is 11.5 Å². The molecule has 2 amide bonds. The number of ketones is 1. The highest BCUT2D eigenvalue weighted by Crippen LogP contribution is 2.39. The van der Waals surface area contributed by atoms with Gasteiger partial charge in [0, 0.05) is 17.3 Å². The van der Waals surface area contributed by atoms with Crippen molar-refractivity contribution in [1.29, 1.82) is 0 Å². The first kappa shape index (κ1) is 34.2. The average Bonchev–Trinajstić information content (AvgIpc) is 3.13. The lowest BCUT2D eigenvalue weighted by molar-refractivity contribution is -0.126. The third-order valence-corrected chi connectivity index (χ3v) is 8.96. The number of Topliss-reactive ketones (excluding diaryl/α,β-unsaturated/α-hetero) is 1. The van der Waals surface area contributed by atoms with Gasteiger partial charge < -0.3 is 19.5 Å². The second-order valence-corrected chi connectivity index (χ2v) is 12.1. The molecule has 8 nitrogen and oxygen atoms in total. The number of carbonyl (C=O) groups excluding carboxylic acids is 3. The fraction of sp³-hybridized carbons (Fsp3) is 0.325. The van der Waals surface area contributed by atoms with Crippen molar-refractivity contribution in [2.45, 2.75) is 63.5 Å². The van der Waals surface area contributed by atoms with E-state index in [9.17, 15) is 14.4 Å². The molecule has 0 aromatic heterocycles. The molecule has 48 heavy (non-hydrogen) atoms. The van der Waals surface area contributed by atoms with E-state index in [2.05, 4.69) is 29.6 Å². The first-order chi connectivity index (χ1) is 23.4. The molecule has 1 unspecified atom stereocenters. The van der Waals surface area contributed by atoms with Gasteiger partial charge >= 0.3 is 0 Å². The summed E-state index contributed by atoms with van der Waals surface area (Å²) in [7, 11) is 4.37. The molecule has 1 N–H and O–H groups in total. The van der Waals surface area contributed by atoms with E-state index in [0.717, 1.165) is 44.1 Å². The van der Waals surface area contributed by atoms with Gasteiger partial charge in [0.1, 0.15) is 6.04 Å². The molecule has 0 bridgehead atoms. The van der Waals surface area contributed by atoms with Crippen LogP contribution in [0, 0.1) is 0 Å². The predicted octanol–water partition coefficient (Wildman–Crippen LogP) is 6.77. The highest BCUT2D eigenvalue weighted by atomic mass is 16.5. The van der Waals surface area contributed by atoms with Crippen LogP contribution in [0.2, 0.25) is 0 Å². The monoisotopic (exact) mass is 648 g/mol. The normalized spacial score (nSPS) is 13.8. The van der Waals surface area contributed by atoms with E-state index in [0.29, 0.717) is 24.3 Å². The van der Waals surface area contributed by atoms with E-state index in [4.69, 9.17) is 14.2 Å². The van der Waals surface area contributed by atoms with E-state index >= 15 is 0 Å². The van der Waals surface area contributed by atoms with Gasteiger partial charge in [-0.3, -0.25) is 19.3 Å². The minimum Gasteiger partial charge on any atom is -0.493 e. The Morgan fingerprint density at radius 2 is 1.29 bits per heavy atom. The third kappa shape index (κ3) is 8.23. The zero-order valence-electron chi connectivity index (χ0n) is 27.9. The van der Waals surface area contributed by atoms with Crippen molar-refractivity contribution in [2.75, 3.05) is 26.2 Å². The SMILES string of the molecule is COc1cc(C(=O)C(=O)N2c3ccccc3CCC2C(=O)NC(CCCc2ccccc2)CCCc2ccccc2)cc(OC)c1OC. The average molecular weight is 649 g/mol. The van der Waals surface area contributed by atoms with Crippen molar-refractivity contribution in [3.8, 4) is 17.2 Å². The molecule has 1 heterocycles. The molecule has 0 radical (unpaired) electrons. The minimum absolute atomic E-state index is 0.0788. The maximum Gasteiger partial charge on any atom is 0.300 e. The number of methoxy groups -OCH3 is 3. The van der Waals surface area contributed by atoms with Gasteiger partial charge in [-0.25, -0.2) is 0 Å². The second kappa shape index (κ2) is 16.6. The molecule has 1 aliphatic rings. The summed E-state index contributed by atoms with van der Waals surface area (Å²) >= 11 is 0. The number of fused-ring (bicyclic) bond motifs is 1. The van der Waals surface area contributed by atoms with Crippen LogP contribution in [0.5, 0.6) is 17.2 Å². The number of benzene rings is 4. The lowest BCUT2D eigenvalue weighted by Crippen LogP contribution is -2.55. The number of nitrogens with zero attached hydrogens (tertiary/aromatic N) is 1. The van der Waals surface area contributed by atoms with Crippen LogP contribution in [-0.2, 0) is 28.9 Å².